The number of hydrogen-bond acceptors (Lipinski definition) is 7. The number of ether oxygens (including phenoxy) is 1. The number of thioether (sulfide) groups is 1. The summed E-state index contributed by atoms with van der Waals surface area (Å²) >= 11 is 1.21. The fourth-order valence-corrected chi connectivity index (χ4v) is 4.10. The molecule has 0 amide bonds. The minimum atomic E-state index is -0.223. The molecule has 1 aliphatic carbocycles. The van der Waals surface area contributed by atoms with Gasteiger partial charge in [0.2, 0.25) is 0 Å². The third kappa shape index (κ3) is 4.50. The van der Waals surface area contributed by atoms with E-state index >= 15 is 0 Å². The molecule has 0 bridgehead atoms. The van der Waals surface area contributed by atoms with Crippen LogP contribution >= 0.6 is 11.8 Å². The summed E-state index contributed by atoms with van der Waals surface area (Å²) in [7, 11) is 0. The van der Waals surface area contributed by atoms with Crippen molar-refractivity contribution in [1.29, 1.82) is 0 Å². The molecule has 3 rings (SSSR count). The molecular weight excluding hydrogens is 352 g/mol. The van der Waals surface area contributed by atoms with Gasteiger partial charge < -0.3 is 13.6 Å². The molecule has 0 spiro atoms. The first-order valence-corrected chi connectivity index (χ1v) is 10.1. The molecule has 0 aromatic carbocycles. The lowest BCUT2D eigenvalue weighted by Crippen LogP contribution is -2.36. The van der Waals surface area contributed by atoms with Crippen LogP contribution in [0.15, 0.2) is 26.4 Å². The molecule has 0 saturated heterocycles. The average molecular weight is 378 g/mol. The minimum absolute atomic E-state index is 0.0127. The molecule has 2 heterocycles. The Kier molecular flexibility index (Phi) is 6.06. The van der Waals surface area contributed by atoms with E-state index in [-0.39, 0.29) is 17.8 Å². The van der Waals surface area contributed by atoms with Gasteiger partial charge in [0.05, 0.1) is 11.8 Å². The van der Waals surface area contributed by atoms with E-state index in [4.69, 9.17) is 13.6 Å². The topological polar surface area (TPSA) is 78.4 Å². The summed E-state index contributed by atoms with van der Waals surface area (Å²) in [5.41, 5.74) is 0.767. The molecule has 26 heavy (non-hydrogen) atoms. The van der Waals surface area contributed by atoms with Gasteiger partial charge in [-0.05, 0) is 43.6 Å². The maximum absolute atomic E-state index is 12.3. The maximum Gasteiger partial charge on any atom is 0.316 e. The van der Waals surface area contributed by atoms with E-state index in [9.17, 15) is 4.79 Å². The largest absolute Gasteiger partial charge is 0.469 e. The van der Waals surface area contributed by atoms with Crippen molar-refractivity contribution in [3.8, 4) is 11.5 Å². The summed E-state index contributed by atoms with van der Waals surface area (Å²) in [6.45, 7) is 8.46. The molecule has 1 saturated carbocycles. The number of hydrogen-bond donors (Lipinski definition) is 0. The van der Waals surface area contributed by atoms with E-state index in [1.165, 1.54) is 18.2 Å². The summed E-state index contributed by atoms with van der Waals surface area (Å²) in [6.07, 6.45) is 4.88. The van der Waals surface area contributed by atoms with Crippen molar-refractivity contribution in [3.05, 3.63) is 18.1 Å². The van der Waals surface area contributed by atoms with Crippen LogP contribution in [0.2, 0.25) is 0 Å². The Labute approximate surface area is 158 Å². The molecule has 0 radical (unpaired) electrons. The highest BCUT2D eigenvalue weighted by Crippen LogP contribution is 2.35. The van der Waals surface area contributed by atoms with Crippen LogP contribution in [0, 0.1) is 24.7 Å². The van der Waals surface area contributed by atoms with E-state index in [1.807, 2.05) is 6.92 Å². The molecule has 1 aliphatic rings. The van der Waals surface area contributed by atoms with Gasteiger partial charge in [0.1, 0.15) is 17.6 Å². The van der Waals surface area contributed by atoms with Crippen molar-refractivity contribution >= 4 is 17.7 Å². The third-order valence-corrected chi connectivity index (χ3v) is 5.85. The Bertz CT molecular complexity index is 739. The molecular formula is C19H26N2O4S. The number of rotatable bonds is 6. The monoisotopic (exact) mass is 378 g/mol. The minimum Gasteiger partial charge on any atom is -0.469 e. The van der Waals surface area contributed by atoms with Crippen molar-refractivity contribution in [3.63, 3.8) is 0 Å². The van der Waals surface area contributed by atoms with Gasteiger partial charge in [-0.1, -0.05) is 39.0 Å². The molecule has 0 N–H and O–H groups in total. The van der Waals surface area contributed by atoms with Crippen LogP contribution in [-0.4, -0.2) is 28.0 Å². The molecule has 1 fully saturated rings. The second-order valence-electron chi connectivity index (χ2n) is 7.41. The fraction of sp³-hybridized carbons (Fsp3) is 0.632. The summed E-state index contributed by atoms with van der Waals surface area (Å²) < 4.78 is 16.6. The van der Waals surface area contributed by atoms with Crippen LogP contribution in [0.3, 0.4) is 0 Å². The molecule has 3 atom stereocenters. The number of carbonyl (C=O) groups is 1. The van der Waals surface area contributed by atoms with E-state index in [2.05, 4.69) is 31.0 Å². The number of esters is 1. The normalized spacial score (nSPS) is 23.3. The van der Waals surface area contributed by atoms with E-state index in [0.717, 1.165) is 24.2 Å². The van der Waals surface area contributed by atoms with Crippen molar-refractivity contribution in [2.75, 3.05) is 5.75 Å². The standard InChI is InChI=1S/C19H26N2O4S/c1-11(2)14-6-5-12(3)9-16(14)24-17(22)10-26-19-21-20-18(25-19)15-7-8-23-13(15)4/h7-8,11-12,14,16H,5-6,9-10H2,1-4H3/t12-,14+,16+/m1/s1. The molecule has 6 nitrogen and oxygen atoms in total. The fourth-order valence-electron chi connectivity index (χ4n) is 3.56. The predicted molar refractivity (Wildman–Crippen MR) is 98.7 cm³/mol. The lowest BCUT2D eigenvalue weighted by Gasteiger charge is -2.36. The first-order valence-electron chi connectivity index (χ1n) is 9.14. The van der Waals surface area contributed by atoms with E-state index < -0.39 is 0 Å². The Morgan fingerprint density at radius 2 is 2.19 bits per heavy atom. The summed E-state index contributed by atoms with van der Waals surface area (Å²) in [4.78, 5) is 12.3. The van der Waals surface area contributed by atoms with Crippen molar-refractivity contribution in [2.24, 2.45) is 17.8 Å². The lowest BCUT2D eigenvalue weighted by molar-refractivity contribution is -0.152. The Hall–Kier alpha value is -1.76. The van der Waals surface area contributed by atoms with Gasteiger partial charge in [-0.15, -0.1) is 10.2 Å². The quantitative estimate of drug-likeness (QED) is 0.531. The summed E-state index contributed by atoms with van der Waals surface area (Å²) in [5.74, 6) is 2.63. The van der Waals surface area contributed by atoms with Gasteiger partial charge in [-0.2, -0.15) is 0 Å². The van der Waals surface area contributed by atoms with Crippen molar-refractivity contribution in [1.82, 2.24) is 10.2 Å². The molecule has 2 aromatic rings. The van der Waals surface area contributed by atoms with Crippen LogP contribution in [0.5, 0.6) is 0 Å². The number of aryl methyl sites for hydroxylation is 1. The highest BCUT2D eigenvalue weighted by molar-refractivity contribution is 7.99. The van der Waals surface area contributed by atoms with Crippen LogP contribution in [0.25, 0.3) is 11.5 Å². The zero-order chi connectivity index (χ0) is 18.7. The zero-order valence-electron chi connectivity index (χ0n) is 15.7. The maximum atomic E-state index is 12.3. The average Bonchev–Trinajstić information content (AvgIpc) is 3.21. The van der Waals surface area contributed by atoms with Crippen LogP contribution in [-0.2, 0) is 9.53 Å². The van der Waals surface area contributed by atoms with Gasteiger partial charge in [0, 0.05) is 0 Å². The molecule has 0 aliphatic heterocycles. The van der Waals surface area contributed by atoms with Crippen LogP contribution in [0.1, 0.15) is 45.8 Å². The highest BCUT2D eigenvalue weighted by atomic mass is 32.2. The summed E-state index contributed by atoms with van der Waals surface area (Å²) in [6, 6.07) is 1.78. The number of carbonyl (C=O) groups excluding carboxylic acids is 1. The molecule has 7 heteroatoms. The SMILES string of the molecule is Cc1occc1-c1nnc(SCC(=O)O[C@H]2C[C@H](C)CC[C@H]2C(C)C)o1. The highest BCUT2D eigenvalue weighted by Gasteiger charge is 2.33. The molecule has 2 aromatic heterocycles. The predicted octanol–water partition coefficient (Wildman–Crippen LogP) is 4.73. The second-order valence-corrected chi connectivity index (χ2v) is 8.33. The Morgan fingerprint density at radius 3 is 2.88 bits per heavy atom. The number of nitrogens with zero attached hydrogens (tertiary/aromatic N) is 2. The van der Waals surface area contributed by atoms with E-state index in [1.54, 1.807) is 12.3 Å². The Morgan fingerprint density at radius 1 is 1.38 bits per heavy atom. The lowest BCUT2D eigenvalue weighted by atomic mass is 9.75. The first-order chi connectivity index (χ1) is 12.4. The molecule has 0 unspecified atom stereocenters. The third-order valence-electron chi connectivity index (χ3n) is 5.05. The van der Waals surface area contributed by atoms with Gasteiger partial charge in [-0.25, -0.2) is 0 Å². The van der Waals surface area contributed by atoms with Crippen molar-refractivity contribution < 1.29 is 18.4 Å². The number of furan rings is 1. The summed E-state index contributed by atoms with van der Waals surface area (Å²) in [5, 5.41) is 8.35. The van der Waals surface area contributed by atoms with Gasteiger partial charge in [-0.3, -0.25) is 4.79 Å². The van der Waals surface area contributed by atoms with Gasteiger partial charge >= 0.3 is 5.97 Å². The number of aromatic nitrogens is 2. The van der Waals surface area contributed by atoms with Gasteiger partial charge in [0.15, 0.2) is 0 Å². The van der Waals surface area contributed by atoms with Crippen LogP contribution < -0.4 is 0 Å². The van der Waals surface area contributed by atoms with Crippen LogP contribution in [0.4, 0.5) is 0 Å². The zero-order valence-corrected chi connectivity index (χ0v) is 16.5. The second kappa shape index (κ2) is 8.29. The van der Waals surface area contributed by atoms with Crippen molar-refractivity contribution in [2.45, 2.75) is 58.3 Å². The molecule has 142 valence electrons. The smallest absolute Gasteiger partial charge is 0.316 e. The first kappa shape index (κ1) is 19.0. The van der Waals surface area contributed by atoms with Gasteiger partial charge in [0.25, 0.3) is 11.1 Å². The Balaban J connectivity index is 1.54. The van der Waals surface area contributed by atoms with E-state index in [0.29, 0.717) is 28.9 Å².